The van der Waals surface area contributed by atoms with Gasteiger partial charge in [-0.3, -0.25) is 4.90 Å². The molecule has 0 bridgehead atoms. The van der Waals surface area contributed by atoms with Gasteiger partial charge in [0, 0.05) is 38.3 Å². The van der Waals surface area contributed by atoms with Crippen molar-refractivity contribution in [3.05, 3.63) is 0 Å². The van der Waals surface area contributed by atoms with Gasteiger partial charge < -0.3 is 21.1 Å². The maximum Gasteiger partial charge on any atom is 0.410 e. The second kappa shape index (κ2) is 7.81. The average Bonchev–Trinajstić information content (AvgIpc) is 2.39. The summed E-state index contributed by atoms with van der Waals surface area (Å²) in [4.78, 5) is 16.0. The molecule has 4 N–H and O–H groups in total. The van der Waals surface area contributed by atoms with Gasteiger partial charge in [-0.25, -0.2) is 4.79 Å². The van der Waals surface area contributed by atoms with Gasteiger partial charge in [-0.15, -0.1) is 0 Å². The van der Waals surface area contributed by atoms with E-state index in [9.17, 15) is 4.79 Å². The molecule has 0 atom stereocenters. The smallest absolute Gasteiger partial charge is 0.410 e. The second-order valence-corrected chi connectivity index (χ2v) is 6.47. The van der Waals surface area contributed by atoms with Gasteiger partial charge in [-0.05, 0) is 41.7 Å². The SMILES string of the molecule is CC(C)(C)OC(=O)N1CCN(C(C)(C)CN)CC1.CN. The molecule has 6 nitrogen and oxygen atoms in total. The highest BCUT2D eigenvalue weighted by molar-refractivity contribution is 5.68. The molecular weight excluding hydrogens is 256 g/mol. The first-order valence-corrected chi connectivity index (χ1v) is 7.16. The first-order chi connectivity index (χ1) is 9.15. The highest BCUT2D eigenvalue weighted by Crippen LogP contribution is 2.17. The molecule has 1 heterocycles. The third-order valence-electron chi connectivity index (χ3n) is 3.29. The van der Waals surface area contributed by atoms with Gasteiger partial charge in [0.1, 0.15) is 5.60 Å². The molecule has 0 spiro atoms. The Bertz CT molecular complexity index is 292. The monoisotopic (exact) mass is 288 g/mol. The quantitative estimate of drug-likeness (QED) is 0.787. The van der Waals surface area contributed by atoms with Crippen LogP contribution in [0.15, 0.2) is 0 Å². The van der Waals surface area contributed by atoms with Crippen molar-refractivity contribution < 1.29 is 9.53 Å². The van der Waals surface area contributed by atoms with E-state index in [0.717, 1.165) is 13.1 Å². The van der Waals surface area contributed by atoms with Gasteiger partial charge in [0.15, 0.2) is 0 Å². The van der Waals surface area contributed by atoms with E-state index in [1.165, 1.54) is 7.05 Å². The van der Waals surface area contributed by atoms with E-state index in [2.05, 4.69) is 24.5 Å². The lowest BCUT2D eigenvalue weighted by Crippen LogP contribution is -2.58. The minimum absolute atomic E-state index is 0.0000217. The first kappa shape index (κ1) is 19.1. The topological polar surface area (TPSA) is 84.8 Å². The Labute approximate surface area is 123 Å². The molecule has 1 rings (SSSR count). The predicted molar refractivity (Wildman–Crippen MR) is 82.6 cm³/mol. The molecule has 6 heteroatoms. The zero-order chi connectivity index (χ0) is 16.0. The minimum Gasteiger partial charge on any atom is -0.444 e. The van der Waals surface area contributed by atoms with E-state index < -0.39 is 5.60 Å². The Morgan fingerprint density at radius 2 is 1.50 bits per heavy atom. The first-order valence-electron chi connectivity index (χ1n) is 7.16. The number of carbonyl (C=O) groups excluding carboxylic acids is 1. The van der Waals surface area contributed by atoms with Crippen molar-refractivity contribution in [1.29, 1.82) is 0 Å². The summed E-state index contributed by atoms with van der Waals surface area (Å²) in [6.07, 6.45) is -0.215. The number of nitrogens with zero attached hydrogens (tertiary/aromatic N) is 2. The number of carbonyl (C=O) groups is 1. The van der Waals surface area contributed by atoms with Crippen molar-refractivity contribution in [2.45, 2.75) is 45.8 Å². The number of hydrogen-bond acceptors (Lipinski definition) is 5. The molecule has 0 saturated carbocycles. The second-order valence-electron chi connectivity index (χ2n) is 6.47. The minimum atomic E-state index is -0.426. The van der Waals surface area contributed by atoms with Crippen LogP contribution in [0.25, 0.3) is 0 Å². The Hall–Kier alpha value is -0.850. The number of ether oxygens (including phenoxy) is 1. The molecule has 20 heavy (non-hydrogen) atoms. The van der Waals surface area contributed by atoms with E-state index in [4.69, 9.17) is 10.5 Å². The van der Waals surface area contributed by atoms with Gasteiger partial charge in [-0.2, -0.15) is 0 Å². The van der Waals surface area contributed by atoms with Crippen LogP contribution >= 0.6 is 0 Å². The lowest BCUT2D eigenvalue weighted by atomic mass is 10.0. The molecule has 0 aliphatic carbocycles. The molecule has 0 unspecified atom stereocenters. The molecule has 1 amide bonds. The van der Waals surface area contributed by atoms with Crippen LogP contribution in [-0.4, -0.2) is 66.8 Å². The van der Waals surface area contributed by atoms with Crippen LogP contribution in [0.1, 0.15) is 34.6 Å². The molecule has 1 saturated heterocycles. The Balaban J connectivity index is 0.00000172. The van der Waals surface area contributed by atoms with Crippen molar-refractivity contribution >= 4 is 6.09 Å². The molecule has 0 aromatic heterocycles. The highest BCUT2D eigenvalue weighted by atomic mass is 16.6. The Morgan fingerprint density at radius 3 is 1.85 bits per heavy atom. The van der Waals surface area contributed by atoms with Crippen LogP contribution in [0, 0.1) is 0 Å². The zero-order valence-electron chi connectivity index (χ0n) is 13.9. The predicted octanol–water partition coefficient (Wildman–Crippen LogP) is 0.851. The highest BCUT2D eigenvalue weighted by Gasteiger charge is 2.31. The van der Waals surface area contributed by atoms with E-state index in [-0.39, 0.29) is 11.6 Å². The maximum absolute atomic E-state index is 11.9. The molecule has 1 fully saturated rings. The average molecular weight is 288 g/mol. The Kier molecular flexibility index (Phi) is 7.47. The molecule has 120 valence electrons. The van der Waals surface area contributed by atoms with Gasteiger partial charge in [-0.1, -0.05) is 0 Å². The van der Waals surface area contributed by atoms with Crippen LogP contribution in [0.3, 0.4) is 0 Å². The van der Waals surface area contributed by atoms with Crippen LogP contribution in [0.2, 0.25) is 0 Å². The largest absolute Gasteiger partial charge is 0.444 e. The molecular formula is C14H32N4O2. The molecule has 1 aliphatic heterocycles. The summed E-state index contributed by atoms with van der Waals surface area (Å²) < 4.78 is 5.37. The van der Waals surface area contributed by atoms with Gasteiger partial charge in [0.2, 0.25) is 0 Å². The van der Waals surface area contributed by atoms with Crippen molar-refractivity contribution in [1.82, 2.24) is 9.80 Å². The van der Waals surface area contributed by atoms with Crippen LogP contribution in [0.4, 0.5) is 4.79 Å². The van der Waals surface area contributed by atoms with Crippen molar-refractivity contribution in [2.75, 3.05) is 39.8 Å². The summed E-state index contributed by atoms with van der Waals surface area (Å²) in [5, 5.41) is 0. The van der Waals surface area contributed by atoms with Crippen molar-refractivity contribution in [2.24, 2.45) is 11.5 Å². The summed E-state index contributed by atoms with van der Waals surface area (Å²) in [6.45, 7) is 13.7. The Morgan fingerprint density at radius 1 is 1.05 bits per heavy atom. The summed E-state index contributed by atoms with van der Waals surface area (Å²) in [6, 6.07) is 0. The summed E-state index contributed by atoms with van der Waals surface area (Å²) in [5.41, 5.74) is 9.84. The van der Waals surface area contributed by atoms with Crippen LogP contribution in [0.5, 0.6) is 0 Å². The fourth-order valence-corrected chi connectivity index (χ4v) is 1.95. The number of nitrogens with two attached hydrogens (primary N) is 2. The van der Waals surface area contributed by atoms with Crippen molar-refractivity contribution in [3.8, 4) is 0 Å². The summed E-state index contributed by atoms with van der Waals surface area (Å²) >= 11 is 0. The number of rotatable bonds is 2. The molecule has 0 aromatic rings. The van der Waals surface area contributed by atoms with Crippen molar-refractivity contribution in [3.63, 3.8) is 0 Å². The lowest BCUT2D eigenvalue weighted by molar-refractivity contribution is 0.00311. The van der Waals surface area contributed by atoms with Gasteiger partial charge in [0.05, 0.1) is 0 Å². The van der Waals surface area contributed by atoms with E-state index in [1.54, 1.807) is 4.90 Å². The standard InChI is InChI=1S/C13H27N3O2.CH5N/c1-12(2,3)18-11(17)15-6-8-16(9-7-15)13(4,5)10-14;1-2/h6-10,14H2,1-5H3;2H2,1H3. The summed E-state index contributed by atoms with van der Waals surface area (Å²) in [5.74, 6) is 0. The van der Waals surface area contributed by atoms with E-state index in [1.807, 2.05) is 20.8 Å². The molecule has 0 radical (unpaired) electrons. The summed E-state index contributed by atoms with van der Waals surface area (Å²) in [7, 11) is 1.50. The van der Waals surface area contributed by atoms with Crippen LogP contribution < -0.4 is 11.5 Å². The van der Waals surface area contributed by atoms with Crippen LogP contribution in [-0.2, 0) is 4.74 Å². The molecule has 0 aromatic carbocycles. The third-order valence-corrected chi connectivity index (χ3v) is 3.29. The van der Waals surface area contributed by atoms with Gasteiger partial charge >= 0.3 is 6.09 Å². The van der Waals surface area contributed by atoms with E-state index in [0.29, 0.717) is 19.6 Å². The van der Waals surface area contributed by atoms with E-state index >= 15 is 0 Å². The fourth-order valence-electron chi connectivity index (χ4n) is 1.95. The normalized spacial score (nSPS) is 17.3. The molecule has 1 aliphatic rings. The fraction of sp³-hybridized carbons (Fsp3) is 0.929. The maximum atomic E-state index is 11.9. The zero-order valence-corrected chi connectivity index (χ0v) is 13.9. The number of hydrogen-bond donors (Lipinski definition) is 2. The third kappa shape index (κ3) is 6.07. The number of piperazine rings is 1. The van der Waals surface area contributed by atoms with Gasteiger partial charge in [0.25, 0.3) is 0 Å². The number of amides is 1. The lowest BCUT2D eigenvalue weighted by Gasteiger charge is -2.43.